The average Bonchev–Trinajstić information content (AvgIpc) is 3.14. The Morgan fingerprint density at radius 2 is 0.623 bits per heavy atom. The SMILES string of the molecule is CCCCCCCCCCCCCCCCC(=O)OC[C@H](COC(=O)CCCCCCCCCCC(C)C)OC(=O)CCCCCCCCCCCC. The highest BCUT2D eigenvalue weighted by molar-refractivity contribution is 5.71. The third-order valence-electron chi connectivity index (χ3n) is 10.5. The van der Waals surface area contributed by atoms with Crippen molar-refractivity contribution in [3.63, 3.8) is 0 Å². The molecule has 53 heavy (non-hydrogen) atoms. The normalized spacial score (nSPS) is 11.9. The van der Waals surface area contributed by atoms with Crippen LogP contribution in [0.3, 0.4) is 0 Å². The zero-order chi connectivity index (χ0) is 38.9. The predicted molar refractivity (Wildman–Crippen MR) is 224 cm³/mol. The molecule has 0 aromatic heterocycles. The van der Waals surface area contributed by atoms with Crippen molar-refractivity contribution in [2.75, 3.05) is 13.2 Å². The highest BCUT2D eigenvalue weighted by atomic mass is 16.6. The Hall–Kier alpha value is -1.59. The maximum absolute atomic E-state index is 12.7. The first-order valence-corrected chi connectivity index (χ1v) is 23.4. The van der Waals surface area contributed by atoms with Gasteiger partial charge in [-0.3, -0.25) is 14.4 Å². The second kappa shape index (κ2) is 41.6. The van der Waals surface area contributed by atoms with Gasteiger partial charge >= 0.3 is 17.9 Å². The smallest absolute Gasteiger partial charge is 0.306 e. The van der Waals surface area contributed by atoms with Crippen LogP contribution in [0.15, 0.2) is 0 Å². The van der Waals surface area contributed by atoms with Gasteiger partial charge in [-0.05, 0) is 25.2 Å². The van der Waals surface area contributed by atoms with Crippen LogP contribution in [-0.4, -0.2) is 37.2 Å². The number of carbonyl (C=O) groups excluding carboxylic acids is 3. The van der Waals surface area contributed by atoms with Gasteiger partial charge in [0.25, 0.3) is 0 Å². The van der Waals surface area contributed by atoms with E-state index in [1.54, 1.807) is 0 Å². The second-order valence-electron chi connectivity index (χ2n) is 16.5. The molecule has 0 heterocycles. The Balaban J connectivity index is 4.30. The lowest BCUT2D eigenvalue weighted by Crippen LogP contribution is -2.30. The van der Waals surface area contributed by atoms with Crippen molar-refractivity contribution in [3.05, 3.63) is 0 Å². The van der Waals surface area contributed by atoms with E-state index in [0.29, 0.717) is 19.3 Å². The molecule has 0 unspecified atom stereocenters. The Bertz CT molecular complexity index is 796. The molecular weight excluding hydrogens is 661 g/mol. The number of carbonyl (C=O) groups is 3. The first-order chi connectivity index (χ1) is 25.9. The van der Waals surface area contributed by atoms with Crippen molar-refractivity contribution in [1.82, 2.24) is 0 Å². The van der Waals surface area contributed by atoms with Gasteiger partial charge in [-0.25, -0.2) is 0 Å². The standard InChI is InChI=1S/C47H90O6/c1-5-7-9-11-13-15-17-18-19-20-22-26-30-34-38-45(48)51-41-44(53-47(50)40-36-32-28-21-16-14-12-10-8-6-2)42-52-46(49)39-35-31-27-24-23-25-29-33-37-43(3)4/h43-44H,5-42H2,1-4H3/t44-/m1/s1. The molecule has 0 N–H and O–H groups in total. The number of ether oxygens (including phenoxy) is 3. The van der Waals surface area contributed by atoms with Gasteiger partial charge < -0.3 is 14.2 Å². The van der Waals surface area contributed by atoms with Crippen molar-refractivity contribution < 1.29 is 28.6 Å². The van der Waals surface area contributed by atoms with E-state index < -0.39 is 6.10 Å². The van der Waals surface area contributed by atoms with E-state index in [1.165, 1.54) is 154 Å². The number of hydrogen-bond acceptors (Lipinski definition) is 6. The van der Waals surface area contributed by atoms with Crippen molar-refractivity contribution in [1.29, 1.82) is 0 Å². The van der Waals surface area contributed by atoms with E-state index >= 15 is 0 Å². The Morgan fingerprint density at radius 3 is 0.925 bits per heavy atom. The van der Waals surface area contributed by atoms with Gasteiger partial charge in [0.1, 0.15) is 13.2 Å². The lowest BCUT2D eigenvalue weighted by Gasteiger charge is -2.18. The van der Waals surface area contributed by atoms with E-state index in [9.17, 15) is 14.4 Å². The summed E-state index contributed by atoms with van der Waals surface area (Å²) in [6.07, 6.45) is 40.9. The summed E-state index contributed by atoms with van der Waals surface area (Å²) in [5, 5.41) is 0. The van der Waals surface area contributed by atoms with E-state index in [0.717, 1.165) is 63.7 Å². The molecule has 0 aromatic carbocycles. The van der Waals surface area contributed by atoms with Crippen LogP contribution in [-0.2, 0) is 28.6 Å². The molecule has 0 aromatic rings. The maximum atomic E-state index is 12.7. The zero-order valence-electron chi connectivity index (χ0n) is 36.0. The van der Waals surface area contributed by atoms with Gasteiger partial charge in [-0.15, -0.1) is 0 Å². The average molecular weight is 751 g/mol. The fourth-order valence-corrected chi connectivity index (χ4v) is 6.98. The van der Waals surface area contributed by atoms with Crippen molar-refractivity contribution in [3.8, 4) is 0 Å². The quantitative estimate of drug-likeness (QED) is 0.0351. The molecule has 0 amide bonds. The van der Waals surface area contributed by atoms with Crippen LogP contribution in [0.1, 0.15) is 259 Å². The molecule has 0 aliphatic carbocycles. The molecule has 0 saturated heterocycles. The van der Waals surface area contributed by atoms with Gasteiger partial charge in [0.15, 0.2) is 6.10 Å². The largest absolute Gasteiger partial charge is 0.462 e. The summed E-state index contributed by atoms with van der Waals surface area (Å²) in [7, 11) is 0. The number of esters is 3. The fourth-order valence-electron chi connectivity index (χ4n) is 6.98. The Kier molecular flexibility index (Phi) is 40.3. The number of hydrogen-bond donors (Lipinski definition) is 0. The monoisotopic (exact) mass is 751 g/mol. The molecule has 0 rings (SSSR count). The summed E-state index contributed by atoms with van der Waals surface area (Å²) in [6.45, 7) is 8.96. The molecule has 0 fully saturated rings. The van der Waals surface area contributed by atoms with E-state index in [-0.39, 0.29) is 31.1 Å². The summed E-state index contributed by atoms with van der Waals surface area (Å²) in [4.78, 5) is 37.7. The molecule has 314 valence electrons. The molecule has 6 nitrogen and oxygen atoms in total. The Labute approximate surface area is 329 Å². The van der Waals surface area contributed by atoms with Gasteiger partial charge in [-0.1, -0.05) is 220 Å². The van der Waals surface area contributed by atoms with Gasteiger partial charge in [0.05, 0.1) is 0 Å². The molecule has 0 aliphatic rings. The molecule has 6 heteroatoms. The van der Waals surface area contributed by atoms with Crippen LogP contribution in [0.5, 0.6) is 0 Å². The molecule has 0 aliphatic heterocycles. The third kappa shape index (κ3) is 41.4. The Morgan fingerprint density at radius 1 is 0.358 bits per heavy atom. The summed E-state index contributed by atoms with van der Waals surface area (Å²) in [5.74, 6) is -0.0583. The third-order valence-corrected chi connectivity index (χ3v) is 10.5. The molecule has 1 atom stereocenters. The summed E-state index contributed by atoms with van der Waals surface area (Å²) in [5.41, 5.74) is 0. The van der Waals surface area contributed by atoms with Gasteiger partial charge in [0, 0.05) is 19.3 Å². The first-order valence-electron chi connectivity index (χ1n) is 23.4. The minimum atomic E-state index is -0.759. The molecule has 0 bridgehead atoms. The maximum Gasteiger partial charge on any atom is 0.306 e. The first kappa shape index (κ1) is 51.4. The molecule has 0 saturated carbocycles. The minimum absolute atomic E-state index is 0.0638. The van der Waals surface area contributed by atoms with Crippen LogP contribution in [0.25, 0.3) is 0 Å². The summed E-state index contributed by atoms with van der Waals surface area (Å²) < 4.78 is 16.7. The number of unbranched alkanes of at least 4 members (excludes halogenated alkanes) is 29. The van der Waals surface area contributed by atoms with Crippen molar-refractivity contribution >= 4 is 17.9 Å². The van der Waals surface area contributed by atoms with Crippen LogP contribution >= 0.6 is 0 Å². The van der Waals surface area contributed by atoms with E-state index in [4.69, 9.17) is 14.2 Å². The van der Waals surface area contributed by atoms with Crippen LogP contribution in [0.2, 0.25) is 0 Å². The topological polar surface area (TPSA) is 78.9 Å². The lowest BCUT2D eigenvalue weighted by atomic mass is 10.0. The van der Waals surface area contributed by atoms with Crippen LogP contribution in [0.4, 0.5) is 0 Å². The highest BCUT2D eigenvalue weighted by Crippen LogP contribution is 2.16. The van der Waals surface area contributed by atoms with Gasteiger partial charge in [-0.2, -0.15) is 0 Å². The van der Waals surface area contributed by atoms with E-state index in [1.807, 2.05) is 0 Å². The number of rotatable bonds is 42. The predicted octanol–water partition coefficient (Wildman–Crippen LogP) is 14.7. The van der Waals surface area contributed by atoms with Crippen molar-refractivity contribution in [2.24, 2.45) is 5.92 Å². The van der Waals surface area contributed by atoms with E-state index in [2.05, 4.69) is 27.7 Å². The molecular formula is C47H90O6. The van der Waals surface area contributed by atoms with Crippen LogP contribution < -0.4 is 0 Å². The van der Waals surface area contributed by atoms with Crippen LogP contribution in [0, 0.1) is 5.92 Å². The molecule has 0 radical (unpaired) electrons. The lowest BCUT2D eigenvalue weighted by molar-refractivity contribution is -0.167. The zero-order valence-corrected chi connectivity index (χ0v) is 36.0. The molecule has 0 spiro atoms. The highest BCUT2D eigenvalue weighted by Gasteiger charge is 2.19. The summed E-state index contributed by atoms with van der Waals surface area (Å²) >= 11 is 0. The van der Waals surface area contributed by atoms with Gasteiger partial charge in [0.2, 0.25) is 0 Å². The second-order valence-corrected chi connectivity index (χ2v) is 16.5. The summed E-state index contributed by atoms with van der Waals surface area (Å²) in [6, 6.07) is 0. The van der Waals surface area contributed by atoms with Crippen molar-refractivity contribution in [2.45, 2.75) is 265 Å². The minimum Gasteiger partial charge on any atom is -0.462 e. The fraction of sp³-hybridized carbons (Fsp3) is 0.936.